The van der Waals surface area contributed by atoms with Gasteiger partial charge in [-0.3, -0.25) is 4.79 Å². The molecule has 2 aromatic carbocycles. The third-order valence-electron chi connectivity index (χ3n) is 6.02. The van der Waals surface area contributed by atoms with Gasteiger partial charge in [-0.1, -0.05) is 41.1 Å². The Hall–Kier alpha value is -2.38. The molecule has 0 saturated carbocycles. The number of H-pyrrole nitrogens is 1. The van der Waals surface area contributed by atoms with Gasteiger partial charge >= 0.3 is 0 Å². The van der Waals surface area contributed by atoms with Crippen LogP contribution in [-0.4, -0.2) is 4.98 Å². The van der Waals surface area contributed by atoms with E-state index in [-0.39, 0.29) is 11.5 Å². The molecule has 1 heterocycles. The number of fused-ring (bicyclic) bond motifs is 2. The fraction of sp³-hybridized carbons (Fsp3) is 0.304. The minimum absolute atomic E-state index is 0.0454. The van der Waals surface area contributed by atoms with Crippen molar-refractivity contribution < 1.29 is 0 Å². The van der Waals surface area contributed by atoms with Crippen LogP contribution in [0.3, 0.4) is 0 Å². The van der Waals surface area contributed by atoms with E-state index in [0.29, 0.717) is 6.42 Å². The highest BCUT2D eigenvalue weighted by Crippen LogP contribution is 2.47. The summed E-state index contributed by atoms with van der Waals surface area (Å²) in [6.45, 7) is 4.00. The molecular weight excluding hydrogens is 400 g/mol. The highest BCUT2D eigenvalue weighted by molar-refractivity contribution is 9.10. The van der Waals surface area contributed by atoms with Crippen molar-refractivity contribution in [2.45, 2.75) is 44.4 Å². The second kappa shape index (κ2) is 6.65. The number of hydrogen-bond donors (Lipinski definition) is 1. The molecule has 3 aromatic rings. The maximum Gasteiger partial charge on any atom is 0.251 e. The van der Waals surface area contributed by atoms with Crippen LogP contribution in [0, 0.1) is 11.3 Å². The zero-order chi connectivity index (χ0) is 19.2. The Balaban J connectivity index is 1.85. The van der Waals surface area contributed by atoms with Crippen LogP contribution in [0.1, 0.15) is 48.4 Å². The molecule has 0 saturated heterocycles. The second-order valence-electron chi connectivity index (χ2n) is 7.53. The van der Waals surface area contributed by atoms with Gasteiger partial charge in [-0.05, 0) is 72.5 Å². The highest BCUT2D eigenvalue weighted by Gasteiger charge is 2.41. The van der Waals surface area contributed by atoms with Gasteiger partial charge in [0.25, 0.3) is 5.56 Å². The second-order valence-corrected chi connectivity index (χ2v) is 8.44. The Bertz CT molecular complexity index is 1140. The summed E-state index contributed by atoms with van der Waals surface area (Å²) in [5.74, 6) is 0.133. The van der Waals surface area contributed by atoms with E-state index in [0.717, 1.165) is 39.3 Å². The Morgan fingerprint density at radius 1 is 1.26 bits per heavy atom. The van der Waals surface area contributed by atoms with Gasteiger partial charge in [-0.25, -0.2) is 0 Å². The Morgan fingerprint density at radius 3 is 2.81 bits per heavy atom. The number of pyridine rings is 1. The van der Waals surface area contributed by atoms with Gasteiger partial charge in [0.05, 0.1) is 11.5 Å². The zero-order valence-corrected chi connectivity index (χ0v) is 17.1. The van der Waals surface area contributed by atoms with Gasteiger partial charge in [-0.2, -0.15) is 5.26 Å². The lowest BCUT2D eigenvalue weighted by atomic mass is 9.70. The lowest BCUT2D eigenvalue weighted by Gasteiger charge is -2.30. The van der Waals surface area contributed by atoms with Gasteiger partial charge < -0.3 is 4.98 Å². The third kappa shape index (κ3) is 2.91. The predicted molar refractivity (Wildman–Crippen MR) is 112 cm³/mol. The summed E-state index contributed by atoms with van der Waals surface area (Å²) >= 11 is 3.57. The first-order valence-corrected chi connectivity index (χ1v) is 10.1. The standard InChI is InChI=1S/C23H21BrN2O/c1-3-14-10-16-4-7-17(11-21(16)26-22(14)27)23(2,13-25)20-9-6-15-5-8-18(24)12-19(15)20/h4-5,7-8,10-12,20H,3,6,9H2,1-2H3,(H,26,27). The topological polar surface area (TPSA) is 56.6 Å². The Morgan fingerprint density at radius 2 is 2.07 bits per heavy atom. The van der Waals surface area contributed by atoms with E-state index in [4.69, 9.17) is 0 Å². The van der Waals surface area contributed by atoms with Crippen molar-refractivity contribution in [1.29, 1.82) is 5.26 Å². The van der Waals surface area contributed by atoms with Crippen LogP contribution in [-0.2, 0) is 18.3 Å². The number of aromatic nitrogens is 1. The molecule has 0 aliphatic heterocycles. The quantitative estimate of drug-likeness (QED) is 0.619. The van der Waals surface area contributed by atoms with E-state index < -0.39 is 5.41 Å². The van der Waals surface area contributed by atoms with E-state index in [1.807, 2.05) is 38.1 Å². The number of rotatable bonds is 3. The average molecular weight is 421 g/mol. The fourth-order valence-corrected chi connectivity index (χ4v) is 4.73. The molecule has 1 aliphatic carbocycles. The first-order valence-electron chi connectivity index (χ1n) is 9.32. The summed E-state index contributed by atoms with van der Waals surface area (Å²) in [6, 6.07) is 17.0. The number of aryl methyl sites for hydroxylation is 2. The van der Waals surface area contributed by atoms with E-state index in [9.17, 15) is 10.1 Å². The molecule has 1 aromatic heterocycles. The summed E-state index contributed by atoms with van der Waals surface area (Å²) < 4.78 is 1.04. The summed E-state index contributed by atoms with van der Waals surface area (Å²) in [6.07, 6.45) is 2.66. The van der Waals surface area contributed by atoms with Crippen molar-refractivity contribution in [2.75, 3.05) is 0 Å². The molecule has 0 amide bonds. The molecule has 27 heavy (non-hydrogen) atoms. The first kappa shape index (κ1) is 18.0. The molecule has 4 heteroatoms. The largest absolute Gasteiger partial charge is 0.322 e. The van der Waals surface area contributed by atoms with Crippen molar-refractivity contribution in [2.24, 2.45) is 0 Å². The molecule has 4 rings (SSSR count). The summed E-state index contributed by atoms with van der Waals surface area (Å²) in [5.41, 5.74) is 4.41. The van der Waals surface area contributed by atoms with Crippen LogP contribution < -0.4 is 5.56 Å². The number of nitrogens with one attached hydrogen (secondary N) is 1. The number of aromatic amines is 1. The van der Waals surface area contributed by atoms with Crippen molar-refractivity contribution in [1.82, 2.24) is 4.98 Å². The van der Waals surface area contributed by atoms with Gasteiger partial charge in [-0.15, -0.1) is 0 Å². The molecule has 2 atom stereocenters. The molecule has 136 valence electrons. The predicted octanol–water partition coefficient (Wildman–Crippen LogP) is 5.36. The number of halogens is 1. The summed E-state index contributed by atoms with van der Waals surface area (Å²) in [5, 5.41) is 11.2. The van der Waals surface area contributed by atoms with Gasteiger partial charge in [0, 0.05) is 21.5 Å². The van der Waals surface area contributed by atoms with Gasteiger partial charge in [0.15, 0.2) is 0 Å². The smallest absolute Gasteiger partial charge is 0.251 e. The third-order valence-corrected chi connectivity index (χ3v) is 6.51. The van der Waals surface area contributed by atoms with Crippen molar-refractivity contribution >= 4 is 26.8 Å². The van der Waals surface area contributed by atoms with Gasteiger partial charge in [0.1, 0.15) is 0 Å². The molecule has 2 unspecified atom stereocenters. The lowest BCUT2D eigenvalue weighted by molar-refractivity contribution is 0.469. The maximum atomic E-state index is 12.2. The number of hydrogen-bond acceptors (Lipinski definition) is 2. The molecule has 0 bridgehead atoms. The van der Waals surface area contributed by atoms with Gasteiger partial charge in [0.2, 0.25) is 0 Å². The highest BCUT2D eigenvalue weighted by atomic mass is 79.9. The van der Waals surface area contributed by atoms with Crippen LogP contribution in [0.2, 0.25) is 0 Å². The number of nitriles is 1. The van der Waals surface area contributed by atoms with E-state index in [1.165, 1.54) is 11.1 Å². The Kier molecular flexibility index (Phi) is 4.44. The van der Waals surface area contributed by atoms with E-state index in [2.05, 4.69) is 45.2 Å². The SMILES string of the molecule is CCc1cc2ccc(C(C)(C#N)C3CCc4ccc(Br)cc43)cc2[nH]c1=O. The summed E-state index contributed by atoms with van der Waals surface area (Å²) in [4.78, 5) is 15.2. The molecule has 0 spiro atoms. The zero-order valence-electron chi connectivity index (χ0n) is 15.5. The maximum absolute atomic E-state index is 12.2. The number of benzene rings is 2. The summed E-state index contributed by atoms with van der Waals surface area (Å²) in [7, 11) is 0. The van der Waals surface area contributed by atoms with E-state index in [1.54, 1.807) is 0 Å². The monoisotopic (exact) mass is 420 g/mol. The molecule has 3 nitrogen and oxygen atoms in total. The Labute approximate surface area is 167 Å². The van der Waals surface area contributed by atoms with E-state index >= 15 is 0 Å². The lowest BCUT2D eigenvalue weighted by Crippen LogP contribution is -2.27. The van der Waals surface area contributed by atoms with Crippen LogP contribution in [0.15, 0.2) is 51.7 Å². The first-order chi connectivity index (χ1) is 13.0. The van der Waals surface area contributed by atoms with Crippen LogP contribution in [0.4, 0.5) is 0 Å². The fourth-order valence-electron chi connectivity index (χ4n) is 4.35. The molecule has 0 fully saturated rings. The average Bonchev–Trinajstić information content (AvgIpc) is 3.09. The van der Waals surface area contributed by atoms with Crippen LogP contribution in [0.25, 0.3) is 10.9 Å². The number of nitrogens with zero attached hydrogens (tertiary/aromatic N) is 1. The van der Waals surface area contributed by atoms with Crippen LogP contribution in [0.5, 0.6) is 0 Å². The molecular formula is C23H21BrN2O. The molecule has 0 radical (unpaired) electrons. The molecule has 1 aliphatic rings. The normalized spacial score (nSPS) is 18.1. The van der Waals surface area contributed by atoms with Crippen molar-refractivity contribution in [3.8, 4) is 6.07 Å². The molecule has 1 N–H and O–H groups in total. The minimum Gasteiger partial charge on any atom is -0.322 e. The van der Waals surface area contributed by atoms with Crippen LogP contribution >= 0.6 is 15.9 Å². The van der Waals surface area contributed by atoms with Crippen molar-refractivity contribution in [3.05, 3.63) is 79.5 Å². The minimum atomic E-state index is -0.652. The van der Waals surface area contributed by atoms with Crippen molar-refractivity contribution in [3.63, 3.8) is 0 Å².